The van der Waals surface area contributed by atoms with Crippen molar-refractivity contribution in [2.75, 3.05) is 14.2 Å². The molecule has 0 unspecified atom stereocenters. The van der Waals surface area contributed by atoms with Crippen LogP contribution in [0.25, 0.3) is 6.08 Å². The lowest BCUT2D eigenvalue weighted by Crippen LogP contribution is -2.40. The van der Waals surface area contributed by atoms with Crippen LogP contribution >= 0.6 is 22.9 Å². The molecule has 1 aliphatic heterocycles. The molecule has 1 atom stereocenters. The van der Waals surface area contributed by atoms with Crippen LogP contribution < -0.4 is 24.4 Å². The molecule has 1 aliphatic rings. The molecule has 2 heterocycles. The molecule has 35 heavy (non-hydrogen) atoms. The number of halogens is 1. The van der Waals surface area contributed by atoms with Gasteiger partial charge in [-0.15, -0.1) is 0 Å². The fourth-order valence-corrected chi connectivity index (χ4v) is 5.15. The van der Waals surface area contributed by atoms with Gasteiger partial charge in [-0.2, -0.15) is 0 Å². The molecule has 0 spiro atoms. The monoisotopic (exact) mass is 512 g/mol. The summed E-state index contributed by atoms with van der Waals surface area (Å²) in [6.07, 6.45) is 1.42. The average Bonchev–Trinajstić information content (AvgIpc) is 3.12. The summed E-state index contributed by atoms with van der Waals surface area (Å²) in [7, 11) is 3.11. The van der Waals surface area contributed by atoms with Gasteiger partial charge in [0, 0.05) is 10.6 Å². The van der Waals surface area contributed by atoms with Crippen molar-refractivity contribution in [1.82, 2.24) is 4.57 Å². The van der Waals surface area contributed by atoms with E-state index in [1.165, 1.54) is 15.9 Å². The lowest BCUT2D eigenvalue weighted by atomic mass is 9.96. The van der Waals surface area contributed by atoms with Gasteiger partial charge in [0.25, 0.3) is 5.56 Å². The van der Waals surface area contributed by atoms with E-state index in [-0.39, 0.29) is 11.7 Å². The highest BCUT2D eigenvalue weighted by molar-refractivity contribution is 7.07. The fourth-order valence-electron chi connectivity index (χ4n) is 3.99. The maximum atomic E-state index is 13.7. The molecular formula is C26H25ClN2O5S. The van der Waals surface area contributed by atoms with E-state index in [1.54, 1.807) is 71.4 Å². The molecule has 0 N–H and O–H groups in total. The number of aromatic nitrogens is 1. The van der Waals surface area contributed by atoms with Gasteiger partial charge in [-0.25, -0.2) is 9.79 Å². The molecule has 2 aromatic carbocycles. The van der Waals surface area contributed by atoms with Crippen molar-refractivity contribution in [3.8, 4) is 11.5 Å². The Morgan fingerprint density at radius 3 is 2.49 bits per heavy atom. The minimum atomic E-state index is -0.705. The Balaban J connectivity index is 1.96. The minimum absolute atomic E-state index is 0.277. The Hall–Kier alpha value is -3.36. The van der Waals surface area contributed by atoms with Crippen LogP contribution in [0.5, 0.6) is 11.5 Å². The second-order valence-corrected chi connectivity index (χ2v) is 9.62. The van der Waals surface area contributed by atoms with Crippen LogP contribution in [0.15, 0.2) is 63.5 Å². The van der Waals surface area contributed by atoms with E-state index in [1.807, 2.05) is 12.1 Å². The lowest BCUT2D eigenvalue weighted by Gasteiger charge is -2.25. The van der Waals surface area contributed by atoms with E-state index in [9.17, 15) is 9.59 Å². The summed E-state index contributed by atoms with van der Waals surface area (Å²) in [6, 6.07) is 11.8. The molecule has 182 valence electrons. The van der Waals surface area contributed by atoms with Crippen LogP contribution in [0, 0.1) is 0 Å². The standard InChI is InChI=1S/C26H25ClN2O5S/c1-14(2)34-25(31)21-15(3)28-26-29(22(21)16-9-11-18(27)12-10-16)24(30)20(35-26)13-17-7-6-8-19(32-4)23(17)33-5/h6-14,22H,1-5H3/b20-13-/t22-/m1/s1. The Morgan fingerprint density at radius 1 is 1.14 bits per heavy atom. The maximum absolute atomic E-state index is 13.7. The number of rotatable bonds is 6. The lowest BCUT2D eigenvalue weighted by molar-refractivity contribution is -0.143. The molecular weight excluding hydrogens is 488 g/mol. The van der Waals surface area contributed by atoms with Crippen molar-refractivity contribution >= 4 is 35.0 Å². The maximum Gasteiger partial charge on any atom is 0.338 e. The second-order valence-electron chi connectivity index (χ2n) is 8.17. The zero-order valence-corrected chi connectivity index (χ0v) is 21.6. The van der Waals surface area contributed by atoms with Gasteiger partial charge in [-0.3, -0.25) is 9.36 Å². The zero-order valence-electron chi connectivity index (χ0n) is 20.0. The molecule has 0 saturated heterocycles. The average molecular weight is 513 g/mol. The molecule has 0 saturated carbocycles. The first-order valence-electron chi connectivity index (χ1n) is 10.9. The predicted octanol–water partition coefficient (Wildman–Crippen LogP) is 3.86. The van der Waals surface area contributed by atoms with Crippen LogP contribution in [-0.4, -0.2) is 30.9 Å². The number of hydrogen-bond acceptors (Lipinski definition) is 7. The normalized spacial score (nSPS) is 15.6. The number of carbonyl (C=O) groups excluding carboxylic acids is 1. The largest absolute Gasteiger partial charge is 0.493 e. The molecule has 0 bridgehead atoms. The number of thiazole rings is 1. The molecule has 0 radical (unpaired) electrons. The van der Waals surface area contributed by atoms with Crippen LogP contribution in [0.4, 0.5) is 0 Å². The number of nitrogens with zero attached hydrogens (tertiary/aromatic N) is 2. The smallest absolute Gasteiger partial charge is 0.338 e. The van der Waals surface area contributed by atoms with Crippen molar-refractivity contribution in [2.45, 2.75) is 32.9 Å². The van der Waals surface area contributed by atoms with Gasteiger partial charge in [-0.1, -0.05) is 47.2 Å². The topological polar surface area (TPSA) is 79.1 Å². The van der Waals surface area contributed by atoms with Gasteiger partial charge in [0.2, 0.25) is 0 Å². The summed E-state index contributed by atoms with van der Waals surface area (Å²) in [4.78, 5) is 31.9. The number of benzene rings is 2. The SMILES string of the molecule is COc1cccc(/C=c2\sc3n(c2=O)[C@H](c2ccc(Cl)cc2)C(C(=O)OC(C)C)=C(C)N=3)c1OC. The van der Waals surface area contributed by atoms with Gasteiger partial charge in [0.15, 0.2) is 16.3 Å². The number of para-hydroxylation sites is 1. The Labute approximate surface area is 211 Å². The van der Waals surface area contributed by atoms with Gasteiger partial charge in [0.05, 0.1) is 42.2 Å². The molecule has 7 nitrogen and oxygen atoms in total. The first-order valence-corrected chi connectivity index (χ1v) is 12.1. The fraction of sp³-hybridized carbons (Fsp3) is 0.269. The number of ether oxygens (including phenoxy) is 3. The third-order valence-corrected chi connectivity index (χ3v) is 6.72. The summed E-state index contributed by atoms with van der Waals surface area (Å²) in [5.41, 5.74) is 1.96. The van der Waals surface area contributed by atoms with Crippen LogP contribution in [0.3, 0.4) is 0 Å². The first-order chi connectivity index (χ1) is 16.7. The Bertz CT molecular complexity index is 1490. The second kappa shape index (κ2) is 10.1. The highest BCUT2D eigenvalue weighted by Crippen LogP contribution is 2.33. The van der Waals surface area contributed by atoms with Crippen molar-refractivity contribution in [3.05, 3.63) is 89.6 Å². The van der Waals surface area contributed by atoms with Gasteiger partial charge in [-0.05, 0) is 50.6 Å². The summed E-state index contributed by atoms with van der Waals surface area (Å²) in [5.74, 6) is 0.569. The van der Waals surface area contributed by atoms with Crippen molar-refractivity contribution in [1.29, 1.82) is 0 Å². The molecule has 0 fully saturated rings. The van der Waals surface area contributed by atoms with Gasteiger partial charge >= 0.3 is 5.97 Å². The molecule has 1 aromatic heterocycles. The highest BCUT2D eigenvalue weighted by Gasteiger charge is 2.33. The third-order valence-electron chi connectivity index (χ3n) is 5.49. The summed E-state index contributed by atoms with van der Waals surface area (Å²) in [5, 5.41) is 0.554. The first kappa shape index (κ1) is 24.8. The number of hydrogen-bond donors (Lipinski definition) is 0. The zero-order chi connectivity index (χ0) is 25.3. The van der Waals surface area contributed by atoms with E-state index in [4.69, 9.17) is 25.8 Å². The summed E-state index contributed by atoms with van der Waals surface area (Å²) < 4.78 is 18.4. The third kappa shape index (κ3) is 4.76. The number of methoxy groups -OCH3 is 2. The van der Waals surface area contributed by atoms with Crippen LogP contribution in [0.2, 0.25) is 5.02 Å². The Morgan fingerprint density at radius 2 is 1.86 bits per heavy atom. The number of esters is 1. The molecule has 0 aliphatic carbocycles. The van der Waals surface area contributed by atoms with Crippen LogP contribution in [0.1, 0.15) is 37.9 Å². The minimum Gasteiger partial charge on any atom is -0.493 e. The van der Waals surface area contributed by atoms with Crippen molar-refractivity contribution in [3.63, 3.8) is 0 Å². The molecule has 4 rings (SSSR count). The van der Waals surface area contributed by atoms with E-state index in [2.05, 4.69) is 4.99 Å². The number of fused-ring (bicyclic) bond motifs is 1. The van der Waals surface area contributed by atoms with Crippen molar-refractivity contribution in [2.24, 2.45) is 4.99 Å². The molecule has 3 aromatic rings. The van der Waals surface area contributed by atoms with E-state index in [0.29, 0.717) is 42.7 Å². The number of carbonyl (C=O) groups is 1. The molecule has 0 amide bonds. The van der Waals surface area contributed by atoms with Crippen LogP contribution in [-0.2, 0) is 9.53 Å². The Kier molecular flexibility index (Phi) is 7.14. The van der Waals surface area contributed by atoms with Gasteiger partial charge < -0.3 is 14.2 Å². The predicted molar refractivity (Wildman–Crippen MR) is 136 cm³/mol. The highest BCUT2D eigenvalue weighted by atomic mass is 35.5. The quantitative estimate of drug-likeness (QED) is 0.469. The van der Waals surface area contributed by atoms with E-state index in [0.717, 1.165) is 5.56 Å². The summed E-state index contributed by atoms with van der Waals surface area (Å²) in [6.45, 7) is 5.31. The number of allylic oxidation sites excluding steroid dienone is 1. The summed E-state index contributed by atoms with van der Waals surface area (Å²) >= 11 is 7.35. The van der Waals surface area contributed by atoms with Crippen molar-refractivity contribution < 1.29 is 19.0 Å². The van der Waals surface area contributed by atoms with E-state index < -0.39 is 12.0 Å². The molecule has 9 heteroatoms. The van der Waals surface area contributed by atoms with Gasteiger partial charge in [0.1, 0.15) is 0 Å². The van der Waals surface area contributed by atoms with E-state index >= 15 is 0 Å².